The van der Waals surface area contributed by atoms with Crippen molar-refractivity contribution in [3.05, 3.63) is 22.7 Å². The van der Waals surface area contributed by atoms with Crippen LogP contribution in [0.5, 0.6) is 5.75 Å². The Balaban J connectivity index is 3.44. The van der Waals surface area contributed by atoms with Crippen LogP contribution in [0.1, 0.15) is 23.7 Å². The number of aliphatic hydroxyl groups excluding tert-OH is 1. The number of benzene rings is 1. The first-order chi connectivity index (χ1) is 9.76. The molecule has 118 valence electrons. The number of methoxy groups -OCH3 is 1. The van der Waals surface area contributed by atoms with E-state index < -0.39 is 22.0 Å². The van der Waals surface area contributed by atoms with Crippen LogP contribution in [0.15, 0.2) is 17.0 Å². The lowest BCUT2D eigenvalue weighted by Gasteiger charge is -2.17. The molecule has 0 amide bonds. The van der Waals surface area contributed by atoms with Crippen molar-refractivity contribution in [3.63, 3.8) is 0 Å². The quantitative estimate of drug-likeness (QED) is 0.686. The molecule has 0 aliphatic rings. The Kier molecular flexibility index (Phi) is 5.97. The van der Waals surface area contributed by atoms with E-state index in [1.807, 2.05) is 0 Å². The number of halogens is 1. The fourth-order valence-electron chi connectivity index (χ4n) is 1.67. The van der Waals surface area contributed by atoms with Crippen molar-refractivity contribution in [2.24, 2.45) is 0 Å². The number of ether oxygens (including phenoxy) is 1. The molecule has 0 saturated carbocycles. The van der Waals surface area contributed by atoms with Crippen LogP contribution in [0.25, 0.3) is 0 Å². The average molecular weight is 338 g/mol. The summed E-state index contributed by atoms with van der Waals surface area (Å²) < 4.78 is 31.8. The standard InChI is InChI=1S/C12H16ClNO6S/c1-3-8(6-15)14-21(18,19)10-5-7(13)4-9(12(16)17)11(10)20-2/h4-5,8,14-15H,3,6H2,1-2H3,(H,16,17)/t8-/m1/s1. The molecule has 0 aromatic heterocycles. The van der Waals surface area contributed by atoms with Gasteiger partial charge < -0.3 is 14.9 Å². The van der Waals surface area contributed by atoms with Crippen LogP contribution in [0.4, 0.5) is 0 Å². The number of carbonyl (C=O) groups is 1. The highest BCUT2D eigenvalue weighted by atomic mass is 35.5. The monoisotopic (exact) mass is 337 g/mol. The van der Waals surface area contributed by atoms with Crippen LogP contribution in [0.2, 0.25) is 5.02 Å². The highest BCUT2D eigenvalue weighted by Gasteiger charge is 2.27. The molecule has 0 unspecified atom stereocenters. The fraction of sp³-hybridized carbons (Fsp3) is 0.417. The fourth-order valence-corrected chi connectivity index (χ4v) is 3.48. The largest absolute Gasteiger partial charge is 0.494 e. The predicted molar refractivity (Wildman–Crippen MR) is 76.4 cm³/mol. The second-order valence-electron chi connectivity index (χ2n) is 4.20. The van der Waals surface area contributed by atoms with Gasteiger partial charge in [0.15, 0.2) is 5.75 Å². The van der Waals surface area contributed by atoms with Crippen LogP contribution in [0, 0.1) is 0 Å². The second-order valence-corrected chi connectivity index (χ2v) is 6.32. The van der Waals surface area contributed by atoms with Crippen molar-refractivity contribution in [1.82, 2.24) is 4.72 Å². The Hall–Kier alpha value is -1.35. The highest BCUT2D eigenvalue weighted by Crippen LogP contribution is 2.32. The van der Waals surface area contributed by atoms with Crippen molar-refractivity contribution >= 4 is 27.6 Å². The van der Waals surface area contributed by atoms with E-state index in [2.05, 4.69) is 4.72 Å². The number of carboxylic acid groups (broad SMARTS) is 1. The van der Waals surface area contributed by atoms with Crippen molar-refractivity contribution in [2.75, 3.05) is 13.7 Å². The van der Waals surface area contributed by atoms with Crippen LogP contribution in [-0.2, 0) is 10.0 Å². The van der Waals surface area contributed by atoms with Gasteiger partial charge in [-0.1, -0.05) is 18.5 Å². The van der Waals surface area contributed by atoms with Crippen LogP contribution >= 0.6 is 11.6 Å². The van der Waals surface area contributed by atoms with E-state index in [1.165, 1.54) is 0 Å². The maximum absolute atomic E-state index is 12.3. The topological polar surface area (TPSA) is 113 Å². The SMILES string of the molecule is CC[C@H](CO)NS(=O)(=O)c1cc(Cl)cc(C(=O)O)c1OC. The third-order valence-electron chi connectivity index (χ3n) is 2.78. The van der Waals surface area contributed by atoms with E-state index in [1.54, 1.807) is 6.92 Å². The lowest BCUT2D eigenvalue weighted by atomic mass is 10.2. The van der Waals surface area contributed by atoms with Crippen molar-refractivity contribution in [3.8, 4) is 5.75 Å². The summed E-state index contributed by atoms with van der Waals surface area (Å²) in [4.78, 5) is 10.8. The zero-order valence-corrected chi connectivity index (χ0v) is 13.0. The summed E-state index contributed by atoms with van der Waals surface area (Å²) in [5.74, 6) is -1.67. The number of rotatable bonds is 7. The van der Waals surface area contributed by atoms with Crippen molar-refractivity contribution < 1.29 is 28.2 Å². The van der Waals surface area contributed by atoms with E-state index >= 15 is 0 Å². The van der Waals surface area contributed by atoms with E-state index in [-0.39, 0.29) is 27.8 Å². The number of hydrogen-bond donors (Lipinski definition) is 3. The molecule has 1 rings (SSSR count). The summed E-state index contributed by atoms with van der Waals surface area (Å²) in [6.45, 7) is 1.31. The summed E-state index contributed by atoms with van der Waals surface area (Å²) in [5, 5.41) is 18.1. The molecule has 9 heteroatoms. The molecular formula is C12H16ClNO6S. The van der Waals surface area contributed by atoms with E-state index in [0.717, 1.165) is 19.2 Å². The van der Waals surface area contributed by atoms with Gasteiger partial charge in [-0.25, -0.2) is 17.9 Å². The zero-order valence-electron chi connectivity index (χ0n) is 11.5. The Morgan fingerprint density at radius 3 is 2.52 bits per heavy atom. The summed E-state index contributed by atoms with van der Waals surface area (Å²) in [7, 11) is -2.92. The molecule has 7 nitrogen and oxygen atoms in total. The summed E-state index contributed by atoms with van der Waals surface area (Å²) in [5.41, 5.74) is -0.359. The Morgan fingerprint density at radius 1 is 1.48 bits per heavy atom. The first kappa shape index (κ1) is 17.7. The van der Waals surface area contributed by atoms with Gasteiger partial charge in [-0.05, 0) is 18.6 Å². The summed E-state index contributed by atoms with van der Waals surface area (Å²) in [6, 6.07) is 1.51. The van der Waals surface area contributed by atoms with Gasteiger partial charge in [0.2, 0.25) is 10.0 Å². The van der Waals surface area contributed by atoms with Crippen LogP contribution in [-0.4, -0.2) is 44.4 Å². The average Bonchev–Trinajstić information content (AvgIpc) is 2.43. The molecule has 0 fully saturated rings. The van der Waals surface area contributed by atoms with E-state index in [4.69, 9.17) is 26.6 Å². The first-order valence-electron chi connectivity index (χ1n) is 6.00. The molecule has 0 saturated heterocycles. The van der Waals surface area contributed by atoms with Gasteiger partial charge in [-0.3, -0.25) is 0 Å². The van der Waals surface area contributed by atoms with Gasteiger partial charge in [-0.2, -0.15) is 0 Å². The van der Waals surface area contributed by atoms with Gasteiger partial charge >= 0.3 is 5.97 Å². The first-order valence-corrected chi connectivity index (χ1v) is 7.87. The second kappa shape index (κ2) is 7.08. The molecule has 21 heavy (non-hydrogen) atoms. The molecular weight excluding hydrogens is 322 g/mol. The molecule has 1 aromatic carbocycles. The number of aliphatic hydroxyl groups is 1. The number of aromatic carboxylic acids is 1. The lowest BCUT2D eigenvalue weighted by molar-refractivity contribution is 0.0692. The summed E-state index contributed by atoms with van der Waals surface area (Å²) >= 11 is 5.77. The predicted octanol–water partition coefficient (Wildman–Crippen LogP) is 1.10. The van der Waals surface area contributed by atoms with Gasteiger partial charge in [0.1, 0.15) is 10.5 Å². The maximum atomic E-state index is 12.3. The minimum Gasteiger partial charge on any atom is -0.494 e. The minimum absolute atomic E-state index is 0.0504. The molecule has 3 N–H and O–H groups in total. The molecule has 1 aromatic rings. The minimum atomic E-state index is -4.09. The maximum Gasteiger partial charge on any atom is 0.339 e. The van der Waals surface area contributed by atoms with Gasteiger partial charge in [0, 0.05) is 11.1 Å². The smallest absolute Gasteiger partial charge is 0.339 e. The Bertz CT molecular complexity index is 627. The molecule has 0 bridgehead atoms. The van der Waals surface area contributed by atoms with E-state index in [9.17, 15) is 13.2 Å². The number of carboxylic acids is 1. The number of hydrogen-bond acceptors (Lipinski definition) is 5. The Labute approximate surface area is 127 Å². The number of sulfonamides is 1. The zero-order chi connectivity index (χ0) is 16.2. The number of nitrogens with one attached hydrogen (secondary N) is 1. The normalized spacial score (nSPS) is 13.0. The van der Waals surface area contributed by atoms with Crippen LogP contribution < -0.4 is 9.46 Å². The molecule has 0 aliphatic heterocycles. The Morgan fingerprint density at radius 2 is 2.10 bits per heavy atom. The van der Waals surface area contributed by atoms with E-state index in [0.29, 0.717) is 6.42 Å². The van der Waals surface area contributed by atoms with Gasteiger partial charge in [-0.15, -0.1) is 0 Å². The summed E-state index contributed by atoms with van der Waals surface area (Å²) in [6.07, 6.45) is 0.365. The molecule has 0 spiro atoms. The molecule has 0 radical (unpaired) electrons. The van der Waals surface area contributed by atoms with Crippen molar-refractivity contribution in [1.29, 1.82) is 0 Å². The third kappa shape index (κ3) is 4.07. The van der Waals surface area contributed by atoms with Crippen LogP contribution in [0.3, 0.4) is 0 Å². The lowest BCUT2D eigenvalue weighted by Crippen LogP contribution is -2.37. The highest BCUT2D eigenvalue weighted by molar-refractivity contribution is 7.89. The van der Waals surface area contributed by atoms with Gasteiger partial charge in [0.25, 0.3) is 0 Å². The molecule has 0 heterocycles. The molecule has 0 aliphatic carbocycles. The third-order valence-corrected chi connectivity index (χ3v) is 4.52. The molecule has 1 atom stereocenters. The van der Waals surface area contributed by atoms with Crippen molar-refractivity contribution in [2.45, 2.75) is 24.3 Å². The van der Waals surface area contributed by atoms with Gasteiger partial charge in [0.05, 0.1) is 13.7 Å².